The quantitative estimate of drug-likeness (QED) is 0.195. The van der Waals surface area contributed by atoms with Gasteiger partial charge in [-0.2, -0.15) is 0 Å². The number of hydrogen-bond acceptors (Lipinski definition) is 13. The fourth-order valence-electron chi connectivity index (χ4n) is 3.75. The maximum atomic E-state index is 11.9. The second-order valence-corrected chi connectivity index (χ2v) is 7.68. The van der Waals surface area contributed by atoms with Crippen molar-refractivity contribution in [2.45, 2.75) is 80.5 Å². The molecule has 3 fully saturated rings. The Kier molecular flexibility index (Phi) is 7.76. The van der Waals surface area contributed by atoms with Crippen molar-refractivity contribution < 1.29 is 59.5 Å². The van der Waals surface area contributed by atoms with Gasteiger partial charge >= 0.3 is 0 Å². The van der Waals surface area contributed by atoms with Crippen LogP contribution in [0.4, 0.5) is 0 Å². The molecule has 174 valence electrons. The molecule has 3 aliphatic heterocycles. The first kappa shape index (κ1) is 23.8. The summed E-state index contributed by atoms with van der Waals surface area (Å²) in [5, 5.41) is 72.4. The van der Waals surface area contributed by atoms with Gasteiger partial charge in [0, 0.05) is 0 Å². The first-order valence-electron chi connectivity index (χ1n) is 9.69. The number of nitrogens with one attached hydrogen (secondary N) is 1. The van der Waals surface area contributed by atoms with Gasteiger partial charge in [-0.15, -0.1) is 0 Å². The molecule has 0 unspecified atom stereocenters. The maximum absolute atomic E-state index is 11.9. The summed E-state index contributed by atoms with van der Waals surface area (Å²) in [5.74, 6) is -0.376. The Morgan fingerprint density at radius 1 is 0.900 bits per heavy atom. The van der Waals surface area contributed by atoms with E-state index in [0.717, 1.165) is 0 Å². The van der Waals surface area contributed by atoms with E-state index in [-0.39, 0.29) is 12.3 Å². The summed E-state index contributed by atoms with van der Waals surface area (Å²) < 4.78 is 21.7. The van der Waals surface area contributed by atoms with Crippen LogP contribution < -0.4 is 5.32 Å². The molecular weight excluding hydrogens is 410 g/mol. The summed E-state index contributed by atoms with van der Waals surface area (Å²) in [7, 11) is 0. The van der Waals surface area contributed by atoms with Gasteiger partial charge in [0.15, 0.2) is 18.4 Å². The van der Waals surface area contributed by atoms with E-state index in [1.165, 1.54) is 6.92 Å². The number of ether oxygens (including phenoxy) is 4. The van der Waals surface area contributed by atoms with Crippen molar-refractivity contribution in [3.63, 3.8) is 0 Å². The minimum atomic E-state index is -1.71. The van der Waals surface area contributed by atoms with Gasteiger partial charge in [-0.25, -0.2) is 0 Å². The monoisotopic (exact) mass is 439 g/mol. The number of carbonyl (C=O) groups is 1. The fraction of sp³-hybridized carbons (Fsp3) is 0.941. The molecule has 0 radical (unpaired) electrons. The summed E-state index contributed by atoms with van der Waals surface area (Å²) in [6.07, 6.45) is -15.7. The fourth-order valence-corrected chi connectivity index (χ4v) is 3.75. The zero-order chi connectivity index (χ0) is 22.2. The second-order valence-electron chi connectivity index (χ2n) is 7.68. The molecule has 8 N–H and O–H groups in total. The number of carbonyl (C=O) groups excluding carboxylic acids is 1. The summed E-state index contributed by atoms with van der Waals surface area (Å²) in [6.45, 7) is 0.314. The molecule has 30 heavy (non-hydrogen) atoms. The van der Waals surface area contributed by atoms with E-state index in [1.807, 2.05) is 0 Å². The topological polar surface area (TPSA) is 208 Å². The molecule has 0 saturated carbocycles. The average Bonchev–Trinajstić information content (AvgIpc) is 3.09. The second kappa shape index (κ2) is 9.77. The lowest BCUT2D eigenvalue weighted by molar-refractivity contribution is -0.359. The minimum absolute atomic E-state index is 0.0420. The third-order valence-corrected chi connectivity index (χ3v) is 5.62. The van der Waals surface area contributed by atoms with E-state index in [4.69, 9.17) is 18.9 Å². The molecule has 0 aromatic heterocycles. The highest BCUT2D eigenvalue weighted by Gasteiger charge is 2.51. The van der Waals surface area contributed by atoms with Crippen molar-refractivity contribution in [1.29, 1.82) is 0 Å². The Morgan fingerprint density at radius 3 is 2.17 bits per heavy atom. The highest BCUT2D eigenvalue weighted by atomic mass is 16.7. The van der Waals surface area contributed by atoms with Gasteiger partial charge in [-0.1, -0.05) is 0 Å². The van der Waals surface area contributed by atoms with Crippen LogP contribution in [0, 0.1) is 0 Å². The highest BCUT2D eigenvalue weighted by Crippen LogP contribution is 2.30. The lowest BCUT2D eigenvalue weighted by atomic mass is 9.97. The zero-order valence-electron chi connectivity index (χ0n) is 16.2. The van der Waals surface area contributed by atoms with E-state index in [2.05, 4.69) is 5.32 Å². The number of hydrogen-bond donors (Lipinski definition) is 8. The Bertz CT molecular complexity index is 593. The maximum Gasteiger partial charge on any atom is 0.187 e. The molecule has 12 atom stereocenters. The Hall–Kier alpha value is -0.810. The Morgan fingerprint density at radius 2 is 1.53 bits per heavy atom. The molecule has 3 heterocycles. The van der Waals surface area contributed by atoms with E-state index in [1.54, 1.807) is 0 Å². The molecule has 3 rings (SSSR count). The Balaban J connectivity index is 1.69. The number of ketones is 1. The average molecular weight is 439 g/mol. The summed E-state index contributed by atoms with van der Waals surface area (Å²) in [6, 6.07) is -0.716. The first-order chi connectivity index (χ1) is 14.2. The predicted octanol–water partition coefficient (Wildman–Crippen LogP) is -5.44. The molecule has 13 nitrogen and oxygen atoms in total. The van der Waals surface area contributed by atoms with E-state index >= 15 is 0 Å². The van der Waals surface area contributed by atoms with Crippen LogP contribution in [0.15, 0.2) is 0 Å². The molecule has 3 aliphatic rings. The first-order valence-corrected chi connectivity index (χ1v) is 9.69. The van der Waals surface area contributed by atoms with Crippen molar-refractivity contribution in [1.82, 2.24) is 5.32 Å². The molecule has 0 aromatic carbocycles. The van der Waals surface area contributed by atoms with Gasteiger partial charge in [0.25, 0.3) is 0 Å². The van der Waals surface area contributed by atoms with Gasteiger partial charge in [0.2, 0.25) is 0 Å². The van der Waals surface area contributed by atoms with Crippen molar-refractivity contribution in [2.75, 3.05) is 19.8 Å². The normalized spacial score (nSPS) is 50.1. The molecule has 0 aromatic rings. The van der Waals surface area contributed by atoms with Gasteiger partial charge in [0.05, 0.1) is 31.9 Å². The Labute approximate surface area is 171 Å². The predicted molar refractivity (Wildman–Crippen MR) is 93.7 cm³/mol. The standard InChI is InChI=1S/C17H29NO12/c1-5-9(22)10(23)12(25)16(27-5)30-15-8(4-20)28-17(13(26)11(15)24)29-14-6(3-19)18-2-7(14)21/h5-6,8-20,22-26H,2-4H2,1H3/t5-,6-,8-,9-,10+,11-,12-,13-,14-,15-,16-,17-/m1/s1. The largest absolute Gasteiger partial charge is 0.395 e. The molecule has 0 spiro atoms. The third-order valence-electron chi connectivity index (χ3n) is 5.62. The molecule has 13 heteroatoms. The smallest absolute Gasteiger partial charge is 0.187 e. The van der Waals surface area contributed by atoms with Gasteiger partial charge in [-0.05, 0) is 6.92 Å². The minimum Gasteiger partial charge on any atom is -0.395 e. The van der Waals surface area contributed by atoms with Gasteiger partial charge in [0.1, 0.15) is 48.8 Å². The number of aliphatic hydroxyl groups excluding tert-OH is 7. The van der Waals surface area contributed by atoms with E-state index in [0.29, 0.717) is 0 Å². The number of rotatable bonds is 6. The van der Waals surface area contributed by atoms with Gasteiger partial charge in [-0.3, -0.25) is 4.79 Å². The lowest BCUT2D eigenvalue weighted by Crippen LogP contribution is -2.64. The molecule has 3 saturated heterocycles. The van der Waals surface area contributed by atoms with E-state index in [9.17, 15) is 40.5 Å². The van der Waals surface area contributed by atoms with Crippen LogP contribution in [-0.2, 0) is 23.7 Å². The van der Waals surface area contributed by atoms with Crippen molar-refractivity contribution in [2.24, 2.45) is 0 Å². The van der Waals surface area contributed by atoms with Crippen LogP contribution in [0.1, 0.15) is 6.92 Å². The van der Waals surface area contributed by atoms with Crippen LogP contribution >= 0.6 is 0 Å². The third kappa shape index (κ3) is 4.53. The summed E-state index contributed by atoms with van der Waals surface area (Å²) >= 11 is 0. The van der Waals surface area contributed by atoms with Crippen molar-refractivity contribution in [3.8, 4) is 0 Å². The summed E-state index contributed by atoms with van der Waals surface area (Å²) in [5.41, 5.74) is 0. The van der Waals surface area contributed by atoms with Crippen LogP contribution in [0.25, 0.3) is 0 Å². The lowest BCUT2D eigenvalue weighted by Gasteiger charge is -2.46. The number of aliphatic hydroxyl groups is 7. The van der Waals surface area contributed by atoms with Crippen LogP contribution in [0.3, 0.4) is 0 Å². The van der Waals surface area contributed by atoms with Crippen LogP contribution in [0.5, 0.6) is 0 Å². The van der Waals surface area contributed by atoms with Crippen LogP contribution in [0.2, 0.25) is 0 Å². The zero-order valence-corrected chi connectivity index (χ0v) is 16.2. The van der Waals surface area contributed by atoms with Crippen molar-refractivity contribution >= 4 is 5.78 Å². The van der Waals surface area contributed by atoms with Gasteiger partial charge < -0.3 is 60.0 Å². The SMILES string of the molecule is C[C@H]1O[C@H](O[C@H]2[C@H](O)[C@@H](O)[C@@H](O[C@H]3C(=O)CN[C@@H]3CO)O[C@@H]2CO)[C@H](O)[C@@H](O)[C@@H]1O. The molecule has 0 amide bonds. The molecule has 0 bridgehead atoms. The highest BCUT2D eigenvalue weighted by molar-refractivity contribution is 5.88. The molecule has 0 aliphatic carbocycles. The molecular formula is C17H29NO12. The summed E-state index contributed by atoms with van der Waals surface area (Å²) in [4.78, 5) is 11.9. The van der Waals surface area contributed by atoms with Crippen LogP contribution in [-0.4, -0.2) is 135 Å². The van der Waals surface area contributed by atoms with E-state index < -0.39 is 86.8 Å². The number of Topliss-reactive ketones (excluding diaryl/α,β-unsaturated/α-hetero) is 1. The van der Waals surface area contributed by atoms with Crippen molar-refractivity contribution in [3.05, 3.63) is 0 Å².